The minimum atomic E-state index is -3.66. The molecule has 0 spiro atoms. The largest absolute Gasteiger partial charge is 0.489 e. The summed E-state index contributed by atoms with van der Waals surface area (Å²) in [4.78, 5) is 12.2. The number of halogens is 2. The highest BCUT2D eigenvalue weighted by molar-refractivity contribution is 7.92. The Morgan fingerprint density at radius 1 is 1.21 bits per heavy atom. The van der Waals surface area contributed by atoms with E-state index in [1.165, 1.54) is 24.3 Å². The van der Waals surface area contributed by atoms with Gasteiger partial charge in [0.1, 0.15) is 5.82 Å². The topological polar surface area (TPSA) is 93.7 Å². The number of ether oxygens (including phenoxy) is 2. The molecule has 0 aromatic heterocycles. The number of sulfonamides is 1. The predicted octanol–water partition coefficient (Wildman–Crippen LogP) is 3.66. The summed E-state index contributed by atoms with van der Waals surface area (Å²) in [5.41, 5.74) is 0.598. The molecule has 0 saturated carbocycles. The molecule has 3 rings (SSSR count). The van der Waals surface area contributed by atoms with E-state index in [-0.39, 0.29) is 11.4 Å². The Hall–Kier alpha value is -2.78. The van der Waals surface area contributed by atoms with Crippen molar-refractivity contribution in [3.8, 4) is 11.5 Å². The summed E-state index contributed by atoms with van der Waals surface area (Å²) < 4.78 is 49.5. The van der Waals surface area contributed by atoms with Crippen LogP contribution in [0.25, 0.3) is 6.08 Å². The van der Waals surface area contributed by atoms with Crippen molar-refractivity contribution in [1.29, 1.82) is 0 Å². The SMILES string of the molecule is CS(=O)(=O)Nc1cc(NC(=O)/C=C/c2cc(Cl)c3c(c2)OCCCO3)ccc1F. The Labute approximate surface area is 172 Å². The van der Waals surface area contributed by atoms with Crippen molar-refractivity contribution < 1.29 is 27.1 Å². The van der Waals surface area contributed by atoms with Gasteiger partial charge in [-0.15, -0.1) is 0 Å². The van der Waals surface area contributed by atoms with Crippen LogP contribution in [-0.4, -0.2) is 33.8 Å². The number of rotatable bonds is 5. The first-order valence-corrected chi connectivity index (χ1v) is 10.8. The molecule has 0 fully saturated rings. The van der Waals surface area contributed by atoms with Crippen LogP contribution >= 0.6 is 11.6 Å². The van der Waals surface area contributed by atoms with Gasteiger partial charge in [0.2, 0.25) is 15.9 Å². The van der Waals surface area contributed by atoms with Crippen LogP contribution in [0.2, 0.25) is 5.02 Å². The number of carbonyl (C=O) groups excluding carboxylic acids is 1. The second-order valence-corrected chi connectivity index (χ2v) is 8.43. The number of hydrogen-bond donors (Lipinski definition) is 2. The quantitative estimate of drug-likeness (QED) is 0.692. The van der Waals surface area contributed by atoms with Crippen LogP contribution < -0.4 is 19.5 Å². The summed E-state index contributed by atoms with van der Waals surface area (Å²) in [5.74, 6) is -0.274. The van der Waals surface area contributed by atoms with Crippen LogP contribution in [0.1, 0.15) is 12.0 Å². The van der Waals surface area contributed by atoms with E-state index in [9.17, 15) is 17.6 Å². The summed E-state index contributed by atoms with van der Waals surface area (Å²) >= 11 is 6.22. The molecule has 0 atom stereocenters. The predicted molar refractivity (Wildman–Crippen MR) is 110 cm³/mol. The number of carbonyl (C=O) groups is 1. The molecule has 0 saturated heterocycles. The first-order chi connectivity index (χ1) is 13.7. The van der Waals surface area contributed by atoms with E-state index in [0.29, 0.717) is 35.3 Å². The Bertz CT molecular complexity index is 1070. The second-order valence-electron chi connectivity index (χ2n) is 6.27. The first-order valence-electron chi connectivity index (χ1n) is 8.57. The van der Waals surface area contributed by atoms with Gasteiger partial charge in [0.25, 0.3) is 0 Å². The van der Waals surface area contributed by atoms with Crippen molar-refractivity contribution in [2.24, 2.45) is 0 Å². The molecule has 7 nitrogen and oxygen atoms in total. The normalized spacial score (nSPS) is 13.8. The Balaban J connectivity index is 1.73. The lowest BCUT2D eigenvalue weighted by Gasteiger charge is -2.10. The lowest BCUT2D eigenvalue weighted by Crippen LogP contribution is -2.12. The number of benzene rings is 2. The van der Waals surface area contributed by atoms with Gasteiger partial charge in [-0.1, -0.05) is 11.6 Å². The van der Waals surface area contributed by atoms with Gasteiger partial charge in [0.05, 0.1) is 30.2 Å². The minimum Gasteiger partial charge on any atom is -0.489 e. The molecule has 154 valence electrons. The van der Waals surface area contributed by atoms with Crippen molar-refractivity contribution in [3.63, 3.8) is 0 Å². The number of amides is 1. The summed E-state index contributed by atoms with van der Waals surface area (Å²) in [7, 11) is -3.66. The molecule has 1 aliphatic heterocycles. The van der Waals surface area contributed by atoms with Crippen LogP contribution in [0.3, 0.4) is 0 Å². The van der Waals surface area contributed by atoms with Crippen molar-refractivity contribution in [2.45, 2.75) is 6.42 Å². The van der Waals surface area contributed by atoms with Crippen molar-refractivity contribution in [2.75, 3.05) is 29.5 Å². The molecule has 0 bridgehead atoms. The van der Waals surface area contributed by atoms with Gasteiger partial charge in [-0.25, -0.2) is 12.8 Å². The lowest BCUT2D eigenvalue weighted by molar-refractivity contribution is -0.111. The highest BCUT2D eigenvalue weighted by Crippen LogP contribution is 2.38. The molecule has 1 amide bonds. The maximum Gasteiger partial charge on any atom is 0.248 e. The number of nitrogens with one attached hydrogen (secondary N) is 2. The standard InChI is InChI=1S/C19H18ClFN2O5S/c1-29(25,26)23-16-11-13(4-5-15(16)21)22-18(24)6-3-12-9-14(20)19-17(10-12)27-7-2-8-28-19/h3-6,9-11,23H,2,7-8H2,1H3,(H,22,24)/b6-3+. The third-order valence-electron chi connectivity index (χ3n) is 3.78. The Morgan fingerprint density at radius 2 is 1.97 bits per heavy atom. The van der Waals surface area contributed by atoms with Crippen molar-refractivity contribution in [1.82, 2.24) is 0 Å². The minimum absolute atomic E-state index is 0.226. The Kier molecular flexibility index (Phi) is 6.29. The number of fused-ring (bicyclic) bond motifs is 1. The molecule has 0 aliphatic carbocycles. The van der Waals surface area contributed by atoms with Crippen LogP contribution in [0.4, 0.5) is 15.8 Å². The van der Waals surface area contributed by atoms with E-state index in [1.807, 2.05) is 4.72 Å². The molecule has 0 unspecified atom stereocenters. The fourth-order valence-electron chi connectivity index (χ4n) is 2.58. The second kappa shape index (κ2) is 8.71. The average Bonchev–Trinajstić information content (AvgIpc) is 2.87. The van der Waals surface area contributed by atoms with E-state index >= 15 is 0 Å². The summed E-state index contributed by atoms with van der Waals surface area (Å²) in [6, 6.07) is 6.91. The van der Waals surface area contributed by atoms with E-state index in [4.69, 9.17) is 21.1 Å². The zero-order valence-electron chi connectivity index (χ0n) is 15.4. The van der Waals surface area contributed by atoms with Gasteiger partial charge < -0.3 is 14.8 Å². The molecule has 1 heterocycles. The zero-order chi connectivity index (χ0) is 21.0. The molecular weight excluding hydrogens is 423 g/mol. The fourth-order valence-corrected chi connectivity index (χ4v) is 3.41. The third kappa shape index (κ3) is 5.85. The molecule has 10 heteroatoms. The average molecular weight is 441 g/mol. The first kappa shape index (κ1) is 20.9. The van der Waals surface area contributed by atoms with E-state index in [2.05, 4.69) is 5.32 Å². The number of hydrogen-bond acceptors (Lipinski definition) is 5. The van der Waals surface area contributed by atoms with E-state index in [1.54, 1.807) is 12.1 Å². The fraction of sp³-hybridized carbons (Fsp3) is 0.211. The van der Waals surface area contributed by atoms with Crippen molar-refractivity contribution >= 4 is 45.0 Å². The van der Waals surface area contributed by atoms with Gasteiger partial charge >= 0.3 is 0 Å². The van der Waals surface area contributed by atoms with Crippen molar-refractivity contribution in [3.05, 3.63) is 52.8 Å². The van der Waals surface area contributed by atoms with Gasteiger partial charge in [-0.05, 0) is 42.0 Å². The highest BCUT2D eigenvalue weighted by Gasteiger charge is 2.15. The monoisotopic (exact) mass is 440 g/mol. The van der Waals surface area contributed by atoms with Crippen LogP contribution in [-0.2, 0) is 14.8 Å². The third-order valence-corrected chi connectivity index (χ3v) is 4.65. The smallest absolute Gasteiger partial charge is 0.248 e. The van der Waals surface area contributed by atoms with E-state index < -0.39 is 21.7 Å². The van der Waals surface area contributed by atoms with E-state index in [0.717, 1.165) is 18.7 Å². The van der Waals surface area contributed by atoms with Gasteiger partial charge in [-0.3, -0.25) is 9.52 Å². The van der Waals surface area contributed by atoms with Crippen LogP contribution in [0.5, 0.6) is 11.5 Å². The summed E-state index contributed by atoms with van der Waals surface area (Å²) in [6.45, 7) is 1.02. The maximum absolute atomic E-state index is 13.7. The van der Waals surface area contributed by atoms with Gasteiger partial charge in [0, 0.05) is 18.2 Å². The molecule has 1 aliphatic rings. The highest BCUT2D eigenvalue weighted by atomic mass is 35.5. The summed E-state index contributed by atoms with van der Waals surface area (Å²) in [5, 5.41) is 2.91. The van der Waals surface area contributed by atoms with Gasteiger partial charge in [0.15, 0.2) is 11.5 Å². The molecule has 2 aromatic carbocycles. The van der Waals surface area contributed by atoms with Gasteiger partial charge in [-0.2, -0.15) is 0 Å². The summed E-state index contributed by atoms with van der Waals surface area (Å²) in [6.07, 6.45) is 4.45. The molecule has 0 radical (unpaired) electrons. The van der Waals surface area contributed by atoms with Crippen LogP contribution in [0, 0.1) is 5.82 Å². The molecule has 2 N–H and O–H groups in total. The Morgan fingerprint density at radius 3 is 2.72 bits per heavy atom. The molecular formula is C19H18ClFN2O5S. The number of anilines is 2. The molecule has 2 aromatic rings. The maximum atomic E-state index is 13.7. The zero-order valence-corrected chi connectivity index (χ0v) is 16.9. The van der Waals surface area contributed by atoms with Crippen LogP contribution in [0.15, 0.2) is 36.4 Å². The lowest BCUT2D eigenvalue weighted by atomic mass is 10.2. The molecule has 29 heavy (non-hydrogen) atoms.